The summed E-state index contributed by atoms with van der Waals surface area (Å²) in [4.78, 5) is 10.4. The standard InChI is InChI=1S/C10H18O4S/c1-7-3-8(2)5-9(4-7)15(13,14)6-10(11)12/h7-9H,3-6H2,1-2H3,(H,11,12). The zero-order valence-corrected chi connectivity index (χ0v) is 9.96. The van der Waals surface area contributed by atoms with Crippen molar-refractivity contribution in [2.24, 2.45) is 11.8 Å². The SMILES string of the molecule is CC1CC(C)CC(S(=O)(=O)CC(=O)O)C1. The molecule has 1 aliphatic rings. The van der Waals surface area contributed by atoms with E-state index in [1.165, 1.54) is 0 Å². The van der Waals surface area contributed by atoms with Crippen LogP contribution in [0, 0.1) is 11.8 Å². The first-order chi connectivity index (χ1) is 6.81. The molecule has 0 saturated heterocycles. The Balaban J connectivity index is 2.74. The predicted octanol–water partition coefficient (Wildman–Crippen LogP) is 1.31. The molecule has 0 aromatic carbocycles. The van der Waals surface area contributed by atoms with Crippen LogP contribution in [0.1, 0.15) is 33.1 Å². The number of aliphatic carboxylic acids is 1. The van der Waals surface area contributed by atoms with Crippen molar-refractivity contribution in [3.8, 4) is 0 Å². The van der Waals surface area contributed by atoms with Gasteiger partial charge in [-0.2, -0.15) is 0 Å². The molecule has 0 aromatic heterocycles. The topological polar surface area (TPSA) is 71.4 Å². The Labute approximate surface area is 90.6 Å². The van der Waals surface area contributed by atoms with Gasteiger partial charge in [-0.25, -0.2) is 8.42 Å². The number of hydrogen-bond acceptors (Lipinski definition) is 3. The quantitative estimate of drug-likeness (QED) is 0.799. The van der Waals surface area contributed by atoms with Gasteiger partial charge < -0.3 is 5.11 Å². The fraction of sp³-hybridized carbons (Fsp3) is 0.900. The molecule has 1 aliphatic carbocycles. The molecule has 1 N–H and O–H groups in total. The molecule has 0 heterocycles. The molecule has 5 heteroatoms. The summed E-state index contributed by atoms with van der Waals surface area (Å²) in [5.41, 5.74) is 0. The summed E-state index contributed by atoms with van der Waals surface area (Å²) in [6.45, 7) is 4.05. The van der Waals surface area contributed by atoms with E-state index >= 15 is 0 Å². The molecule has 0 amide bonds. The van der Waals surface area contributed by atoms with Gasteiger partial charge in [0, 0.05) is 0 Å². The van der Waals surface area contributed by atoms with Gasteiger partial charge in [-0.05, 0) is 31.1 Å². The first-order valence-corrected chi connectivity index (χ1v) is 6.96. The molecular weight excluding hydrogens is 216 g/mol. The zero-order chi connectivity index (χ0) is 11.6. The Hall–Kier alpha value is -0.580. The van der Waals surface area contributed by atoms with Crippen molar-refractivity contribution in [2.45, 2.75) is 38.4 Å². The lowest BCUT2D eigenvalue weighted by molar-refractivity contribution is -0.134. The van der Waals surface area contributed by atoms with E-state index in [4.69, 9.17) is 5.11 Å². The van der Waals surface area contributed by atoms with Gasteiger partial charge in [-0.3, -0.25) is 4.79 Å². The molecule has 0 aliphatic heterocycles. The molecule has 1 fully saturated rings. The lowest BCUT2D eigenvalue weighted by atomic mass is 9.83. The van der Waals surface area contributed by atoms with Crippen molar-refractivity contribution in [1.29, 1.82) is 0 Å². The number of rotatable bonds is 3. The molecule has 4 nitrogen and oxygen atoms in total. The molecule has 2 atom stereocenters. The number of hydrogen-bond donors (Lipinski definition) is 1. The molecule has 0 bridgehead atoms. The van der Waals surface area contributed by atoms with Gasteiger partial charge in [0.2, 0.25) is 0 Å². The highest BCUT2D eigenvalue weighted by atomic mass is 32.2. The van der Waals surface area contributed by atoms with Crippen molar-refractivity contribution in [1.82, 2.24) is 0 Å². The second-order valence-corrected chi connectivity index (χ2v) is 7.02. The van der Waals surface area contributed by atoms with E-state index in [0.717, 1.165) is 6.42 Å². The highest BCUT2D eigenvalue weighted by Gasteiger charge is 2.34. The number of carboxylic acid groups (broad SMARTS) is 1. The first-order valence-electron chi connectivity index (χ1n) is 5.24. The van der Waals surface area contributed by atoms with Gasteiger partial charge >= 0.3 is 5.97 Å². The number of carbonyl (C=O) groups is 1. The number of sulfone groups is 1. The van der Waals surface area contributed by atoms with E-state index < -0.39 is 26.8 Å². The van der Waals surface area contributed by atoms with Crippen LogP contribution in [-0.4, -0.2) is 30.5 Å². The smallest absolute Gasteiger partial charge is 0.318 e. The van der Waals surface area contributed by atoms with Gasteiger partial charge in [0.15, 0.2) is 9.84 Å². The fourth-order valence-electron chi connectivity index (χ4n) is 2.46. The second-order valence-electron chi connectivity index (χ2n) is 4.74. The summed E-state index contributed by atoms with van der Waals surface area (Å²) < 4.78 is 23.4. The Morgan fingerprint density at radius 3 is 2.07 bits per heavy atom. The zero-order valence-electron chi connectivity index (χ0n) is 9.14. The van der Waals surface area contributed by atoms with Crippen molar-refractivity contribution in [3.63, 3.8) is 0 Å². The summed E-state index contributed by atoms with van der Waals surface area (Å²) in [5.74, 6) is -1.22. The summed E-state index contributed by atoms with van der Waals surface area (Å²) in [5, 5.41) is 8.08. The van der Waals surface area contributed by atoms with Crippen molar-refractivity contribution in [3.05, 3.63) is 0 Å². The minimum absolute atomic E-state index is 0.377. The van der Waals surface area contributed by atoms with E-state index in [1.807, 2.05) is 13.8 Å². The van der Waals surface area contributed by atoms with Crippen LogP contribution >= 0.6 is 0 Å². The molecule has 0 aromatic rings. The summed E-state index contributed by atoms with van der Waals surface area (Å²) in [6.07, 6.45) is 2.26. The molecule has 1 rings (SSSR count). The Kier molecular flexibility index (Phi) is 3.76. The summed E-state index contributed by atoms with van der Waals surface area (Å²) in [6, 6.07) is 0. The Bertz CT molecular complexity index is 323. The van der Waals surface area contributed by atoms with Gasteiger partial charge in [0.05, 0.1) is 5.25 Å². The third-order valence-corrected chi connectivity index (χ3v) is 5.02. The maximum atomic E-state index is 11.7. The van der Waals surface area contributed by atoms with Gasteiger partial charge in [-0.1, -0.05) is 13.8 Å². The average molecular weight is 234 g/mol. The van der Waals surface area contributed by atoms with Gasteiger partial charge in [0.1, 0.15) is 5.75 Å². The largest absolute Gasteiger partial charge is 0.480 e. The van der Waals surface area contributed by atoms with Crippen LogP contribution < -0.4 is 0 Å². The minimum atomic E-state index is -3.45. The molecule has 0 radical (unpaired) electrons. The van der Waals surface area contributed by atoms with E-state index in [2.05, 4.69) is 0 Å². The Morgan fingerprint density at radius 1 is 1.20 bits per heavy atom. The van der Waals surface area contributed by atoms with E-state index in [-0.39, 0.29) is 0 Å². The predicted molar refractivity (Wildman–Crippen MR) is 57.4 cm³/mol. The monoisotopic (exact) mass is 234 g/mol. The van der Waals surface area contributed by atoms with Crippen molar-refractivity contribution < 1.29 is 18.3 Å². The molecule has 15 heavy (non-hydrogen) atoms. The molecule has 1 saturated carbocycles. The lowest BCUT2D eigenvalue weighted by Gasteiger charge is -2.30. The van der Waals surface area contributed by atoms with E-state index in [1.54, 1.807) is 0 Å². The lowest BCUT2D eigenvalue weighted by Crippen LogP contribution is -2.34. The van der Waals surface area contributed by atoms with Crippen molar-refractivity contribution in [2.75, 3.05) is 5.75 Å². The van der Waals surface area contributed by atoms with E-state index in [0.29, 0.717) is 24.7 Å². The fourth-order valence-corrected chi connectivity index (χ4v) is 4.28. The Morgan fingerprint density at radius 2 is 1.67 bits per heavy atom. The minimum Gasteiger partial charge on any atom is -0.480 e. The third-order valence-electron chi connectivity index (χ3n) is 2.97. The maximum Gasteiger partial charge on any atom is 0.318 e. The van der Waals surface area contributed by atoms with Gasteiger partial charge in [0.25, 0.3) is 0 Å². The average Bonchev–Trinajstić information content (AvgIpc) is 1.99. The molecule has 88 valence electrons. The van der Waals surface area contributed by atoms with Crippen LogP contribution in [0.4, 0.5) is 0 Å². The van der Waals surface area contributed by atoms with Crippen LogP contribution in [0.5, 0.6) is 0 Å². The number of carboxylic acids is 1. The maximum absolute atomic E-state index is 11.7. The van der Waals surface area contributed by atoms with E-state index in [9.17, 15) is 13.2 Å². The third kappa shape index (κ3) is 3.48. The second kappa shape index (κ2) is 4.51. The van der Waals surface area contributed by atoms with Crippen LogP contribution in [0.25, 0.3) is 0 Å². The summed E-state index contributed by atoms with van der Waals surface area (Å²) >= 11 is 0. The highest BCUT2D eigenvalue weighted by molar-refractivity contribution is 7.92. The van der Waals surface area contributed by atoms with Crippen LogP contribution in [-0.2, 0) is 14.6 Å². The van der Waals surface area contributed by atoms with Gasteiger partial charge in [-0.15, -0.1) is 0 Å². The highest BCUT2D eigenvalue weighted by Crippen LogP contribution is 2.32. The van der Waals surface area contributed by atoms with Crippen molar-refractivity contribution >= 4 is 15.8 Å². The first kappa shape index (κ1) is 12.5. The summed E-state index contributed by atoms with van der Waals surface area (Å²) in [7, 11) is -3.45. The molecular formula is C10H18O4S. The molecule has 2 unspecified atom stereocenters. The van der Waals surface area contributed by atoms with Crippen LogP contribution in [0.2, 0.25) is 0 Å². The van der Waals surface area contributed by atoms with Crippen LogP contribution in [0.15, 0.2) is 0 Å². The normalized spacial score (nSPS) is 32.5. The molecule has 0 spiro atoms. The van der Waals surface area contributed by atoms with Crippen LogP contribution in [0.3, 0.4) is 0 Å².